The van der Waals surface area contributed by atoms with Crippen LogP contribution in [0.3, 0.4) is 0 Å². The third-order valence-electron chi connectivity index (χ3n) is 5.47. The van der Waals surface area contributed by atoms with Gasteiger partial charge in [0.05, 0.1) is 43.0 Å². The van der Waals surface area contributed by atoms with Gasteiger partial charge in [-0.15, -0.1) is 0 Å². The van der Waals surface area contributed by atoms with Crippen molar-refractivity contribution >= 4 is 23.0 Å². The van der Waals surface area contributed by atoms with Gasteiger partial charge < -0.3 is 35.3 Å². The average molecular weight is 521 g/mol. The SMILES string of the molecule is CCOC1=CC(c2ncc(NC(=O)Nc3ccc(OC4(C)COC4)c(C(F)(F)F)c3)c(C)n2)=CNC1O. The van der Waals surface area contributed by atoms with Gasteiger partial charge in [0, 0.05) is 17.5 Å². The minimum absolute atomic E-state index is 0.0760. The van der Waals surface area contributed by atoms with Crippen LogP contribution in [0.5, 0.6) is 5.75 Å². The summed E-state index contributed by atoms with van der Waals surface area (Å²) in [6.07, 6.45) is -1.17. The third kappa shape index (κ3) is 6.12. The number of urea groups is 1. The van der Waals surface area contributed by atoms with E-state index < -0.39 is 29.6 Å². The van der Waals surface area contributed by atoms with Crippen molar-refractivity contribution in [3.63, 3.8) is 0 Å². The van der Waals surface area contributed by atoms with E-state index in [1.807, 2.05) is 0 Å². The van der Waals surface area contributed by atoms with E-state index >= 15 is 0 Å². The number of aromatic nitrogens is 2. The molecule has 2 aromatic rings. The van der Waals surface area contributed by atoms with Gasteiger partial charge in [0.15, 0.2) is 17.7 Å². The number of carbonyl (C=O) groups is 1. The number of ether oxygens (including phenoxy) is 3. The second kappa shape index (κ2) is 10.3. The molecular weight excluding hydrogens is 495 g/mol. The lowest BCUT2D eigenvalue weighted by atomic mass is 10.0. The second-order valence-electron chi connectivity index (χ2n) is 8.67. The molecule has 198 valence electrons. The fraction of sp³-hybridized carbons (Fsp3) is 0.375. The maximum Gasteiger partial charge on any atom is 0.420 e. The predicted octanol–water partition coefficient (Wildman–Crippen LogP) is 3.80. The van der Waals surface area contributed by atoms with Gasteiger partial charge in [-0.1, -0.05) is 0 Å². The summed E-state index contributed by atoms with van der Waals surface area (Å²) in [7, 11) is 0. The fourth-order valence-corrected chi connectivity index (χ4v) is 3.59. The van der Waals surface area contributed by atoms with Crippen molar-refractivity contribution in [2.24, 2.45) is 0 Å². The lowest BCUT2D eigenvalue weighted by Crippen LogP contribution is -2.51. The van der Waals surface area contributed by atoms with Crippen LogP contribution in [0, 0.1) is 6.92 Å². The quantitative estimate of drug-likeness (QED) is 0.434. The van der Waals surface area contributed by atoms with Crippen molar-refractivity contribution < 1.29 is 37.3 Å². The van der Waals surface area contributed by atoms with Gasteiger partial charge in [0.2, 0.25) is 0 Å². The molecule has 1 aromatic heterocycles. The van der Waals surface area contributed by atoms with Crippen molar-refractivity contribution in [3.05, 3.63) is 59.5 Å². The van der Waals surface area contributed by atoms with E-state index in [0.717, 1.165) is 12.1 Å². The maximum atomic E-state index is 13.7. The molecule has 2 aliphatic rings. The molecule has 4 N–H and O–H groups in total. The fourth-order valence-electron chi connectivity index (χ4n) is 3.59. The molecule has 1 atom stereocenters. The van der Waals surface area contributed by atoms with Crippen molar-refractivity contribution in [1.29, 1.82) is 0 Å². The molecule has 2 aliphatic heterocycles. The van der Waals surface area contributed by atoms with Crippen LogP contribution in [0.4, 0.5) is 29.3 Å². The Hall–Kier alpha value is -3.84. The highest BCUT2D eigenvalue weighted by atomic mass is 19.4. The predicted molar refractivity (Wildman–Crippen MR) is 128 cm³/mol. The van der Waals surface area contributed by atoms with Crippen molar-refractivity contribution in [3.8, 4) is 5.75 Å². The van der Waals surface area contributed by atoms with Crippen LogP contribution in [0.15, 0.2) is 42.4 Å². The summed E-state index contributed by atoms with van der Waals surface area (Å²) < 4.78 is 56.9. The number of rotatable bonds is 7. The molecule has 1 saturated heterocycles. The number of alkyl halides is 3. The number of dihydropyridines is 1. The van der Waals surface area contributed by atoms with Gasteiger partial charge in [-0.3, -0.25) is 0 Å². The summed E-state index contributed by atoms with van der Waals surface area (Å²) in [5, 5.41) is 17.6. The van der Waals surface area contributed by atoms with Gasteiger partial charge in [0.1, 0.15) is 11.5 Å². The Morgan fingerprint density at radius 2 is 2.08 bits per heavy atom. The third-order valence-corrected chi connectivity index (χ3v) is 5.47. The number of nitrogens with zero attached hydrogens (tertiary/aromatic N) is 2. The molecule has 0 radical (unpaired) electrons. The number of carbonyl (C=O) groups excluding carboxylic acids is 1. The molecule has 13 heteroatoms. The lowest BCUT2D eigenvalue weighted by Gasteiger charge is -2.38. The molecule has 0 aliphatic carbocycles. The van der Waals surface area contributed by atoms with Crippen LogP contribution in [0.2, 0.25) is 0 Å². The smallest absolute Gasteiger partial charge is 0.420 e. The Labute approximate surface area is 210 Å². The van der Waals surface area contributed by atoms with Crippen LogP contribution < -0.4 is 20.7 Å². The Morgan fingerprint density at radius 1 is 1.32 bits per heavy atom. The van der Waals surface area contributed by atoms with E-state index in [4.69, 9.17) is 14.2 Å². The number of aliphatic hydroxyl groups excluding tert-OH is 1. The summed E-state index contributed by atoms with van der Waals surface area (Å²) in [6.45, 7) is 5.82. The Kier molecular flexibility index (Phi) is 7.28. The molecule has 0 spiro atoms. The Bertz CT molecular complexity index is 1240. The van der Waals surface area contributed by atoms with E-state index in [1.54, 1.807) is 26.8 Å². The topological polar surface area (TPSA) is 127 Å². The monoisotopic (exact) mass is 521 g/mol. The number of halogens is 3. The highest BCUT2D eigenvalue weighted by Gasteiger charge is 2.40. The molecule has 1 unspecified atom stereocenters. The van der Waals surface area contributed by atoms with E-state index in [-0.39, 0.29) is 30.3 Å². The minimum atomic E-state index is -4.69. The summed E-state index contributed by atoms with van der Waals surface area (Å²) in [4.78, 5) is 21.1. The van der Waals surface area contributed by atoms with Crippen molar-refractivity contribution in [2.75, 3.05) is 30.5 Å². The second-order valence-corrected chi connectivity index (χ2v) is 8.67. The maximum absolute atomic E-state index is 13.7. The first-order valence-corrected chi connectivity index (χ1v) is 11.4. The highest BCUT2D eigenvalue weighted by Crippen LogP contribution is 2.40. The first kappa shape index (κ1) is 26.2. The summed E-state index contributed by atoms with van der Waals surface area (Å²) in [5.41, 5.74) is -0.700. The number of anilines is 2. The number of hydrogen-bond donors (Lipinski definition) is 4. The van der Waals surface area contributed by atoms with Gasteiger partial charge in [0.25, 0.3) is 0 Å². The number of allylic oxidation sites excluding steroid dienone is 2. The van der Waals surface area contributed by atoms with Crippen LogP contribution in [-0.2, 0) is 15.7 Å². The molecule has 1 aromatic carbocycles. The number of nitrogens with one attached hydrogen (secondary N) is 3. The first-order chi connectivity index (χ1) is 17.5. The number of amides is 2. The van der Waals surface area contributed by atoms with Gasteiger partial charge in [-0.05, 0) is 45.0 Å². The van der Waals surface area contributed by atoms with E-state index in [2.05, 4.69) is 25.9 Å². The average Bonchev–Trinajstić information content (AvgIpc) is 2.81. The highest BCUT2D eigenvalue weighted by molar-refractivity contribution is 6.00. The molecular formula is C24H26F3N5O5. The van der Waals surface area contributed by atoms with Crippen LogP contribution >= 0.6 is 0 Å². The normalized spacial score (nSPS) is 18.5. The zero-order chi connectivity index (χ0) is 26.8. The number of aliphatic hydroxyl groups is 1. The Morgan fingerprint density at radius 3 is 2.70 bits per heavy atom. The molecule has 37 heavy (non-hydrogen) atoms. The van der Waals surface area contributed by atoms with Crippen LogP contribution in [-0.4, -0.2) is 52.8 Å². The van der Waals surface area contributed by atoms with Crippen LogP contribution in [0.1, 0.15) is 30.9 Å². The van der Waals surface area contributed by atoms with Crippen molar-refractivity contribution in [2.45, 2.75) is 38.8 Å². The minimum Gasteiger partial charge on any atom is -0.493 e. The molecule has 10 nitrogen and oxygen atoms in total. The Balaban J connectivity index is 1.46. The molecule has 3 heterocycles. The number of benzene rings is 1. The van der Waals surface area contributed by atoms with Gasteiger partial charge in [-0.25, -0.2) is 14.8 Å². The van der Waals surface area contributed by atoms with Crippen molar-refractivity contribution in [1.82, 2.24) is 15.3 Å². The first-order valence-electron chi connectivity index (χ1n) is 11.4. The lowest BCUT2D eigenvalue weighted by molar-refractivity contribution is -0.160. The molecule has 4 rings (SSSR count). The molecule has 0 bridgehead atoms. The van der Waals surface area contributed by atoms with Gasteiger partial charge in [-0.2, -0.15) is 13.2 Å². The summed E-state index contributed by atoms with van der Waals surface area (Å²) in [6, 6.07) is 2.51. The van der Waals surface area contributed by atoms with E-state index in [9.17, 15) is 23.1 Å². The van der Waals surface area contributed by atoms with E-state index in [0.29, 0.717) is 29.5 Å². The molecule has 2 amide bonds. The molecule has 1 fully saturated rings. The standard InChI is InChI=1S/C24H26F3N5O5/c1-4-36-19-7-14(9-29-21(19)33)20-28-10-17(13(2)30-20)32-22(34)31-15-5-6-18(16(8-15)24(25,26)27)37-23(3)11-35-12-23/h5-10,21,29,33H,4,11-12H2,1-3H3,(H2,31,32,34). The van der Waals surface area contributed by atoms with Gasteiger partial charge >= 0.3 is 12.2 Å². The largest absolute Gasteiger partial charge is 0.493 e. The number of aryl methyl sites for hydroxylation is 1. The zero-order valence-corrected chi connectivity index (χ0v) is 20.3. The molecule has 0 saturated carbocycles. The zero-order valence-electron chi connectivity index (χ0n) is 20.3. The van der Waals surface area contributed by atoms with E-state index in [1.165, 1.54) is 18.5 Å². The van der Waals surface area contributed by atoms with Crippen LogP contribution in [0.25, 0.3) is 5.57 Å². The summed E-state index contributed by atoms with van der Waals surface area (Å²) in [5.74, 6) is 0.285. The summed E-state index contributed by atoms with van der Waals surface area (Å²) >= 11 is 0. The number of hydrogen-bond acceptors (Lipinski definition) is 8.